The SMILES string of the molecule is C.CCCC(C)c1ccc(Cl)c(F)c1. The molecule has 0 bridgehead atoms. The summed E-state index contributed by atoms with van der Waals surface area (Å²) in [4.78, 5) is 0. The molecule has 0 fully saturated rings. The molecule has 1 aromatic carbocycles. The Morgan fingerprint density at radius 2 is 2.07 bits per heavy atom. The molecule has 0 saturated carbocycles. The largest absolute Gasteiger partial charge is 0.205 e. The van der Waals surface area contributed by atoms with E-state index in [1.165, 1.54) is 6.07 Å². The van der Waals surface area contributed by atoms with Crippen molar-refractivity contribution in [3.8, 4) is 0 Å². The van der Waals surface area contributed by atoms with Gasteiger partial charge in [-0.1, -0.05) is 45.4 Å². The van der Waals surface area contributed by atoms with Crippen LogP contribution >= 0.6 is 11.6 Å². The molecular weight excluding hydrogens is 199 g/mol. The smallest absolute Gasteiger partial charge is 0.142 e. The van der Waals surface area contributed by atoms with Gasteiger partial charge in [-0.25, -0.2) is 4.39 Å². The van der Waals surface area contributed by atoms with E-state index in [9.17, 15) is 4.39 Å². The summed E-state index contributed by atoms with van der Waals surface area (Å²) in [7, 11) is 0. The standard InChI is InChI=1S/C11H14ClF.CH4/c1-3-4-8(2)9-5-6-10(12)11(13)7-9;/h5-8H,3-4H2,1-2H3;1H4. The van der Waals surface area contributed by atoms with Crippen LogP contribution in [-0.2, 0) is 0 Å². The molecule has 0 spiro atoms. The summed E-state index contributed by atoms with van der Waals surface area (Å²) in [6.07, 6.45) is 2.20. The molecule has 14 heavy (non-hydrogen) atoms. The lowest BCUT2D eigenvalue weighted by Crippen LogP contribution is -1.93. The van der Waals surface area contributed by atoms with Gasteiger partial charge in [0, 0.05) is 0 Å². The van der Waals surface area contributed by atoms with Crippen molar-refractivity contribution in [1.82, 2.24) is 0 Å². The lowest BCUT2D eigenvalue weighted by atomic mass is 9.97. The molecule has 0 amide bonds. The summed E-state index contributed by atoms with van der Waals surface area (Å²) < 4.78 is 13.0. The second kappa shape index (κ2) is 6.02. The lowest BCUT2D eigenvalue weighted by Gasteiger charge is -2.10. The second-order valence-corrected chi connectivity index (χ2v) is 3.77. The first-order valence-electron chi connectivity index (χ1n) is 4.60. The van der Waals surface area contributed by atoms with Gasteiger partial charge in [0.15, 0.2) is 0 Å². The van der Waals surface area contributed by atoms with Crippen molar-refractivity contribution in [3.63, 3.8) is 0 Å². The Morgan fingerprint density at radius 1 is 1.43 bits per heavy atom. The Bertz CT molecular complexity index is 284. The third kappa shape index (κ3) is 3.30. The number of hydrogen-bond donors (Lipinski definition) is 0. The van der Waals surface area contributed by atoms with E-state index >= 15 is 0 Å². The van der Waals surface area contributed by atoms with Gasteiger partial charge >= 0.3 is 0 Å². The van der Waals surface area contributed by atoms with Gasteiger partial charge in [0.1, 0.15) is 5.82 Å². The van der Waals surface area contributed by atoms with Crippen LogP contribution in [0.2, 0.25) is 5.02 Å². The van der Waals surface area contributed by atoms with Crippen molar-refractivity contribution in [2.24, 2.45) is 0 Å². The number of benzene rings is 1. The summed E-state index contributed by atoms with van der Waals surface area (Å²) in [5, 5.41) is 0.201. The average molecular weight is 217 g/mol. The first-order chi connectivity index (χ1) is 6.15. The molecule has 1 unspecified atom stereocenters. The van der Waals surface area contributed by atoms with Crippen molar-refractivity contribution >= 4 is 11.6 Å². The maximum absolute atomic E-state index is 13.0. The molecule has 0 N–H and O–H groups in total. The first kappa shape index (κ1) is 13.4. The topological polar surface area (TPSA) is 0 Å². The molecule has 1 aromatic rings. The fourth-order valence-electron chi connectivity index (χ4n) is 1.42. The quantitative estimate of drug-likeness (QED) is 0.666. The third-order valence-electron chi connectivity index (χ3n) is 2.23. The zero-order valence-electron chi connectivity index (χ0n) is 7.98. The van der Waals surface area contributed by atoms with E-state index < -0.39 is 0 Å². The van der Waals surface area contributed by atoms with Crippen molar-refractivity contribution in [3.05, 3.63) is 34.6 Å². The Labute approximate surface area is 91.1 Å². The highest BCUT2D eigenvalue weighted by Crippen LogP contribution is 2.24. The normalized spacial score (nSPS) is 12.0. The Balaban J connectivity index is 0.00000169. The highest BCUT2D eigenvalue weighted by Gasteiger charge is 2.06. The zero-order valence-corrected chi connectivity index (χ0v) is 8.74. The number of halogens is 2. The molecule has 1 rings (SSSR count). The van der Waals surface area contributed by atoms with E-state index in [2.05, 4.69) is 13.8 Å². The molecule has 0 heterocycles. The van der Waals surface area contributed by atoms with Crippen LogP contribution in [0.15, 0.2) is 18.2 Å². The molecule has 0 saturated heterocycles. The van der Waals surface area contributed by atoms with Gasteiger partial charge in [0.05, 0.1) is 5.02 Å². The van der Waals surface area contributed by atoms with Crippen LogP contribution in [0.4, 0.5) is 4.39 Å². The first-order valence-corrected chi connectivity index (χ1v) is 4.98. The molecule has 80 valence electrons. The van der Waals surface area contributed by atoms with E-state index in [-0.39, 0.29) is 18.3 Å². The summed E-state index contributed by atoms with van der Waals surface area (Å²) >= 11 is 5.59. The molecule has 0 aliphatic carbocycles. The Morgan fingerprint density at radius 3 is 2.57 bits per heavy atom. The van der Waals surface area contributed by atoms with Crippen LogP contribution in [0, 0.1) is 5.82 Å². The van der Waals surface area contributed by atoms with Crippen LogP contribution in [0.25, 0.3) is 0 Å². The molecule has 0 radical (unpaired) electrons. The second-order valence-electron chi connectivity index (χ2n) is 3.36. The van der Waals surface area contributed by atoms with Gasteiger partial charge in [0.2, 0.25) is 0 Å². The fourth-order valence-corrected chi connectivity index (χ4v) is 1.54. The molecule has 1 atom stereocenters. The summed E-state index contributed by atoms with van der Waals surface area (Å²) in [6.45, 7) is 4.23. The maximum atomic E-state index is 13.0. The average Bonchev–Trinajstić information content (AvgIpc) is 2.10. The molecular formula is C12H18ClF. The van der Waals surface area contributed by atoms with E-state index in [0.29, 0.717) is 5.92 Å². The summed E-state index contributed by atoms with van der Waals surface area (Å²) in [6, 6.07) is 5.05. The van der Waals surface area contributed by atoms with Gasteiger partial charge in [-0.3, -0.25) is 0 Å². The van der Waals surface area contributed by atoms with Crippen LogP contribution in [-0.4, -0.2) is 0 Å². The fraction of sp³-hybridized carbons (Fsp3) is 0.500. The molecule has 0 aliphatic rings. The predicted molar refractivity (Wildman–Crippen MR) is 61.5 cm³/mol. The zero-order chi connectivity index (χ0) is 9.84. The highest BCUT2D eigenvalue weighted by molar-refractivity contribution is 6.30. The highest BCUT2D eigenvalue weighted by atomic mass is 35.5. The van der Waals surface area contributed by atoms with Crippen LogP contribution in [0.1, 0.15) is 45.6 Å². The van der Waals surface area contributed by atoms with E-state index in [1.807, 2.05) is 6.07 Å². The molecule has 0 aromatic heterocycles. The minimum Gasteiger partial charge on any atom is -0.205 e. The van der Waals surface area contributed by atoms with Crippen LogP contribution < -0.4 is 0 Å². The summed E-state index contributed by atoms with van der Waals surface area (Å²) in [5.74, 6) is 0.0962. The van der Waals surface area contributed by atoms with Gasteiger partial charge in [-0.05, 0) is 30.0 Å². The van der Waals surface area contributed by atoms with E-state index in [4.69, 9.17) is 11.6 Å². The number of rotatable bonds is 3. The summed E-state index contributed by atoms with van der Waals surface area (Å²) in [5.41, 5.74) is 1.03. The van der Waals surface area contributed by atoms with Crippen molar-refractivity contribution < 1.29 is 4.39 Å². The van der Waals surface area contributed by atoms with Gasteiger partial charge in [-0.15, -0.1) is 0 Å². The third-order valence-corrected chi connectivity index (χ3v) is 2.54. The maximum Gasteiger partial charge on any atom is 0.142 e. The lowest BCUT2D eigenvalue weighted by molar-refractivity contribution is 0.613. The molecule has 2 heteroatoms. The predicted octanol–water partition coefficient (Wildman–Crippen LogP) is 5.02. The van der Waals surface area contributed by atoms with Crippen LogP contribution in [0.3, 0.4) is 0 Å². The molecule has 0 nitrogen and oxygen atoms in total. The minimum atomic E-state index is -0.317. The van der Waals surface area contributed by atoms with Crippen molar-refractivity contribution in [2.45, 2.75) is 40.0 Å². The molecule has 0 aliphatic heterocycles. The van der Waals surface area contributed by atoms with Gasteiger partial charge in [-0.2, -0.15) is 0 Å². The van der Waals surface area contributed by atoms with Gasteiger partial charge < -0.3 is 0 Å². The van der Waals surface area contributed by atoms with Gasteiger partial charge in [0.25, 0.3) is 0 Å². The Hall–Kier alpha value is -0.560. The van der Waals surface area contributed by atoms with Crippen LogP contribution in [0.5, 0.6) is 0 Å². The Kier molecular flexibility index (Phi) is 5.78. The van der Waals surface area contributed by atoms with E-state index in [1.54, 1.807) is 6.07 Å². The monoisotopic (exact) mass is 216 g/mol. The van der Waals surface area contributed by atoms with E-state index in [0.717, 1.165) is 18.4 Å². The minimum absolute atomic E-state index is 0. The number of hydrogen-bond acceptors (Lipinski definition) is 0. The van der Waals surface area contributed by atoms with Crippen molar-refractivity contribution in [2.75, 3.05) is 0 Å². The van der Waals surface area contributed by atoms with Crippen molar-refractivity contribution in [1.29, 1.82) is 0 Å².